The van der Waals surface area contributed by atoms with Crippen molar-refractivity contribution in [1.29, 1.82) is 0 Å². The van der Waals surface area contributed by atoms with E-state index >= 15 is 0 Å². The van der Waals surface area contributed by atoms with Crippen molar-refractivity contribution in [1.82, 2.24) is 0 Å². The molecule has 0 saturated carbocycles. The number of hydrogen-bond donors (Lipinski definition) is 2. The topological polar surface area (TPSA) is 63.3 Å². The van der Waals surface area contributed by atoms with Gasteiger partial charge in [0.2, 0.25) is 0 Å². The van der Waals surface area contributed by atoms with Crippen LogP contribution in [0.2, 0.25) is 0 Å². The van der Waals surface area contributed by atoms with Gasteiger partial charge in [-0.05, 0) is 47.2 Å². The third kappa shape index (κ3) is 1.69. The zero-order valence-electron chi connectivity index (χ0n) is 6.47. The number of nitrogens with two attached hydrogens (primary N) is 1. The van der Waals surface area contributed by atoms with Gasteiger partial charge in [-0.15, -0.1) is 0 Å². The van der Waals surface area contributed by atoms with E-state index < -0.39 is 5.97 Å². The summed E-state index contributed by atoms with van der Waals surface area (Å²) in [4.78, 5) is 10.6. The molecule has 0 aliphatic carbocycles. The Bertz CT molecular complexity index is 336. The highest BCUT2D eigenvalue weighted by Gasteiger charge is 2.08. The highest BCUT2D eigenvalue weighted by Crippen LogP contribution is 2.19. The average Bonchev–Trinajstić information content (AvgIpc) is 1.96. The zero-order chi connectivity index (χ0) is 9.30. The van der Waals surface area contributed by atoms with Gasteiger partial charge in [0, 0.05) is 9.26 Å². The summed E-state index contributed by atoms with van der Waals surface area (Å²) in [6.07, 6.45) is 0. The lowest BCUT2D eigenvalue weighted by Crippen LogP contribution is -2.02. The molecular formula is C8H8INO2. The van der Waals surface area contributed by atoms with Crippen LogP contribution in [-0.4, -0.2) is 11.1 Å². The average molecular weight is 277 g/mol. The molecule has 0 heterocycles. The van der Waals surface area contributed by atoms with Gasteiger partial charge in [-0.2, -0.15) is 0 Å². The molecule has 0 aliphatic heterocycles. The minimum Gasteiger partial charge on any atom is -0.478 e. The van der Waals surface area contributed by atoms with Crippen molar-refractivity contribution in [2.75, 3.05) is 5.73 Å². The van der Waals surface area contributed by atoms with Gasteiger partial charge in [0.15, 0.2) is 0 Å². The quantitative estimate of drug-likeness (QED) is 0.608. The largest absolute Gasteiger partial charge is 0.478 e. The Kier molecular flexibility index (Phi) is 2.56. The van der Waals surface area contributed by atoms with E-state index in [4.69, 9.17) is 10.8 Å². The Morgan fingerprint density at radius 1 is 1.58 bits per heavy atom. The first-order valence-corrected chi connectivity index (χ1v) is 4.39. The third-order valence-corrected chi connectivity index (χ3v) is 2.51. The summed E-state index contributed by atoms with van der Waals surface area (Å²) in [5.74, 6) is -0.935. The molecule has 3 N–H and O–H groups in total. The highest BCUT2D eigenvalue weighted by molar-refractivity contribution is 14.1. The van der Waals surface area contributed by atoms with Gasteiger partial charge >= 0.3 is 5.97 Å². The Morgan fingerprint density at radius 2 is 2.17 bits per heavy atom. The number of aromatic carboxylic acids is 1. The lowest BCUT2D eigenvalue weighted by molar-refractivity contribution is 0.0696. The molecule has 0 saturated heterocycles. The predicted octanol–water partition coefficient (Wildman–Crippen LogP) is 1.88. The first kappa shape index (κ1) is 9.31. The number of rotatable bonds is 1. The van der Waals surface area contributed by atoms with Gasteiger partial charge in [-0.25, -0.2) is 4.79 Å². The maximum Gasteiger partial charge on any atom is 0.336 e. The molecule has 0 amide bonds. The summed E-state index contributed by atoms with van der Waals surface area (Å²) >= 11 is 2.07. The molecule has 0 aliphatic rings. The molecular weight excluding hydrogens is 269 g/mol. The second-order valence-electron chi connectivity index (χ2n) is 2.49. The van der Waals surface area contributed by atoms with Crippen molar-refractivity contribution in [2.24, 2.45) is 0 Å². The molecule has 0 radical (unpaired) electrons. The molecule has 1 aromatic rings. The van der Waals surface area contributed by atoms with E-state index in [2.05, 4.69) is 22.6 Å². The number of aryl methyl sites for hydroxylation is 1. The van der Waals surface area contributed by atoms with E-state index in [0.29, 0.717) is 5.69 Å². The van der Waals surface area contributed by atoms with E-state index in [1.165, 1.54) is 6.07 Å². The van der Waals surface area contributed by atoms with Gasteiger partial charge < -0.3 is 10.8 Å². The molecule has 0 fully saturated rings. The second-order valence-corrected chi connectivity index (χ2v) is 3.66. The highest BCUT2D eigenvalue weighted by atomic mass is 127. The van der Waals surface area contributed by atoms with E-state index in [1.54, 1.807) is 13.0 Å². The normalized spacial score (nSPS) is 9.83. The van der Waals surface area contributed by atoms with Gasteiger partial charge in [0.25, 0.3) is 0 Å². The maximum atomic E-state index is 10.6. The molecule has 0 spiro atoms. The number of carboxylic acid groups (broad SMARTS) is 1. The number of benzene rings is 1. The van der Waals surface area contributed by atoms with Crippen LogP contribution in [0.5, 0.6) is 0 Å². The van der Waals surface area contributed by atoms with Crippen LogP contribution >= 0.6 is 22.6 Å². The molecule has 0 unspecified atom stereocenters. The first-order valence-electron chi connectivity index (χ1n) is 3.31. The predicted molar refractivity (Wildman–Crippen MR) is 55.3 cm³/mol. The monoisotopic (exact) mass is 277 g/mol. The molecule has 12 heavy (non-hydrogen) atoms. The smallest absolute Gasteiger partial charge is 0.336 e. The molecule has 4 heteroatoms. The van der Waals surface area contributed by atoms with Crippen LogP contribution in [0, 0.1) is 10.5 Å². The molecule has 0 bridgehead atoms. The van der Waals surface area contributed by atoms with Crippen molar-refractivity contribution in [2.45, 2.75) is 6.92 Å². The fourth-order valence-corrected chi connectivity index (χ4v) is 1.54. The minimum absolute atomic E-state index is 0.271. The fourth-order valence-electron chi connectivity index (χ4n) is 0.920. The summed E-state index contributed by atoms with van der Waals surface area (Å²) < 4.78 is 0.884. The summed E-state index contributed by atoms with van der Waals surface area (Å²) in [6.45, 7) is 1.76. The molecule has 1 rings (SSSR count). The second kappa shape index (κ2) is 3.30. The number of carbonyl (C=O) groups is 1. The lowest BCUT2D eigenvalue weighted by Gasteiger charge is -2.03. The number of anilines is 1. The minimum atomic E-state index is -0.935. The molecule has 0 aromatic heterocycles. The number of nitrogen functional groups attached to an aromatic ring is 1. The Morgan fingerprint density at radius 3 is 2.67 bits per heavy atom. The van der Waals surface area contributed by atoms with E-state index in [1.807, 2.05) is 0 Å². The molecule has 3 nitrogen and oxygen atoms in total. The molecule has 64 valence electrons. The van der Waals surface area contributed by atoms with Crippen LogP contribution in [0.15, 0.2) is 12.1 Å². The van der Waals surface area contributed by atoms with Crippen LogP contribution in [0.4, 0.5) is 5.69 Å². The Labute approximate surface area is 83.7 Å². The molecule has 1 aromatic carbocycles. The van der Waals surface area contributed by atoms with Crippen LogP contribution in [0.1, 0.15) is 15.9 Å². The van der Waals surface area contributed by atoms with E-state index in [0.717, 1.165) is 9.13 Å². The Balaban J connectivity index is 3.33. The number of hydrogen-bond acceptors (Lipinski definition) is 2. The third-order valence-electron chi connectivity index (χ3n) is 1.57. The van der Waals surface area contributed by atoms with Crippen molar-refractivity contribution in [3.63, 3.8) is 0 Å². The Hall–Kier alpha value is -0.780. The lowest BCUT2D eigenvalue weighted by atomic mass is 10.1. The van der Waals surface area contributed by atoms with Crippen LogP contribution in [-0.2, 0) is 0 Å². The van der Waals surface area contributed by atoms with Gasteiger partial charge in [-0.3, -0.25) is 0 Å². The summed E-state index contributed by atoms with van der Waals surface area (Å²) in [7, 11) is 0. The van der Waals surface area contributed by atoms with Crippen molar-refractivity contribution in [3.8, 4) is 0 Å². The molecule has 0 atom stereocenters. The van der Waals surface area contributed by atoms with Crippen molar-refractivity contribution in [3.05, 3.63) is 26.8 Å². The first-order chi connectivity index (χ1) is 5.52. The SMILES string of the molecule is Cc1cc(I)c(N)cc1C(=O)O. The summed E-state index contributed by atoms with van der Waals surface area (Å²) in [5, 5.41) is 8.72. The van der Waals surface area contributed by atoms with Crippen LogP contribution in [0.3, 0.4) is 0 Å². The van der Waals surface area contributed by atoms with E-state index in [9.17, 15) is 4.79 Å². The van der Waals surface area contributed by atoms with Gasteiger partial charge in [0.1, 0.15) is 0 Å². The number of halogens is 1. The van der Waals surface area contributed by atoms with Crippen LogP contribution in [0.25, 0.3) is 0 Å². The number of carboxylic acids is 1. The van der Waals surface area contributed by atoms with Crippen molar-refractivity contribution < 1.29 is 9.90 Å². The van der Waals surface area contributed by atoms with Crippen LogP contribution < -0.4 is 5.73 Å². The summed E-state index contributed by atoms with van der Waals surface area (Å²) in [5.41, 5.74) is 7.08. The zero-order valence-corrected chi connectivity index (χ0v) is 8.62. The van der Waals surface area contributed by atoms with Gasteiger partial charge in [0.05, 0.1) is 5.56 Å². The maximum absolute atomic E-state index is 10.6. The van der Waals surface area contributed by atoms with Crippen molar-refractivity contribution >= 4 is 34.2 Å². The fraction of sp³-hybridized carbons (Fsp3) is 0.125. The summed E-state index contributed by atoms with van der Waals surface area (Å²) in [6, 6.07) is 3.25. The standard InChI is InChI=1S/C8H8INO2/c1-4-2-6(9)7(10)3-5(4)8(11)12/h2-3H,10H2,1H3,(H,11,12). The van der Waals surface area contributed by atoms with Gasteiger partial charge in [-0.1, -0.05) is 0 Å². The van der Waals surface area contributed by atoms with E-state index in [-0.39, 0.29) is 5.56 Å².